The molecule has 4 nitrogen and oxygen atoms in total. The minimum absolute atomic E-state index is 0.383. The molecule has 0 spiro atoms. The molecule has 13 heavy (non-hydrogen) atoms. The van der Waals surface area contributed by atoms with Gasteiger partial charge in [-0.1, -0.05) is 21.1 Å². The fourth-order valence-corrected chi connectivity index (χ4v) is 1.74. The molecule has 0 radical (unpaired) electrons. The number of alkyl halides is 1. The normalized spacial score (nSPS) is 23.3. The van der Waals surface area contributed by atoms with E-state index in [0.29, 0.717) is 6.04 Å². The Morgan fingerprint density at radius 1 is 1.69 bits per heavy atom. The van der Waals surface area contributed by atoms with E-state index in [1.54, 1.807) is 0 Å². The molecule has 1 aromatic rings. The number of nitrogens with zero attached hydrogens (tertiary/aromatic N) is 3. The second-order valence-corrected chi connectivity index (χ2v) is 3.76. The highest BCUT2D eigenvalue weighted by Gasteiger charge is 2.16. The van der Waals surface area contributed by atoms with Crippen molar-refractivity contribution in [1.29, 1.82) is 0 Å². The molecule has 0 N–H and O–H groups in total. The molecule has 1 fully saturated rings. The van der Waals surface area contributed by atoms with Crippen LogP contribution in [-0.4, -0.2) is 28.2 Å². The van der Waals surface area contributed by atoms with E-state index >= 15 is 0 Å². The number of hydrogen-bond donors (Lipinski definition) is 0. The monoisotopic (exact) mass is 245 g/mol. The maximum absolute atomic E-state index is 5.38. The van der Waals surface area contributed by atoms with Gasteiger partial charge in [0.1, 0.15) is 0 Å². The van der Waals surface area contributed by atoms with Crippen molar-refractivity contribution in [3.8, 4) is 0 Å². The van der Waals surface area contributed by atoms with Gasteiger partial charge in [-0.15, -0.1) is 5.10 Å². The summed E-state index contributed by atoms with van der Waals surface area (Å²) in [7, 11) is 0. The van der Waals surface area contributed by atoms with Gasteiger partial charge in [0.15, 0.2) is 0 Å². The quantitative estimate of drug-likeness (QED) is 0.743. The van der Waals surface area contributed by atoms with E-state index in [4.69, 9.17) is 4.74 Å². The van der Waals surface area contributed by atoms with Crippen molar-refractivity contribution in [2.24, 2.45) is 0 Å². The minimum atomic E-state index is 0.383. The summed E-state index contributed by atoms with van der Waals surface area (Å²) in [4.78, 5) is 0. The molecule has 5 heteroatoms. The summed E-state index contributed by atoms with van der Waals surface area (Å²) in [6.45, 7) is 1.65. The maximum atomic E-state index is 5.38. The van der Waals surface area contributed by atoms with Gasteiger partial charge in [-0.05, 0) is 12.8 Å². The minimum Gasteiger partial charge on any atom is -0.379 e. The molecule has 0 bridgehead atoms. The highest BCUT2D eigenvalue weighted by atomic mass is 79.9. The molecular formula is C8H12BrN3O. The van der Waals surface area contributed by atoms with Crippen LogP contribution in [0.5, 0.6) is 0 Å². The molecule has 1 saturated heterocycles. The van der Waals surface area contributed by atoms with E-state index in [-0.39, 0.29) is 0 Å². The largest absolute Gasteiger partial charge is 0.379 e. The Hall–Kier alpha value is -0.420. The second kappa shape index (κ2) is 4.19. The second-order valence-electron chi connectivity index (χ2n) is 3.19. The van der Waals surface area contributed by atoms with Crippen molar-refractivity contribution in [3.63, 3.8) is 0 Å². The predicted molar refractivity (Wildman–Crippen MR) is 51.7 cm³/mol. The van der Waals surface area contributed by atoms with Gasteiger partial charge in [0.2, 0.25) is 0 Å². The standard InChI is InChI=1S/C8H12BrN3O/c9-4-7-5-12(11-10-7)8-2-1-3-13-6-8/h5,8H,1-4,6H2. The third-order valence-electron chi connectivity index (χ3n) is 2.21. The molecule has 0 amide bonds. The highest BCUT2D eigenvalue weighted by Crippen LogP contribution is 2.18. The molecule has 0 aromatic carbocycles. The maximum Gasteiger partial charge on any atom is 0.0932 e. The van der Waals surface area contributed by atoms with E-state index in [9.17, 15) is 0 Å². The van der Waals surface area contributed by atoms with Gasteiger partial charge in [0, 0.05) is 18.1 Å². The average Bonchev–Trinajstić information content (AvgIpc) is 2.67. The Bertz CT molecular complexity index is 270. The van der Waals surface area contributed by atoms with Crippen molar-refractivity contribution < 1.29 is 4.74 Å². The van der Waals surface area contributed by atoms with E-state index in [0.717, 1.165) is 37.1 Å². The van der Waals surface area contributed by atoms with Crippen LogP contribution >= 0.6 is 15.9 Å². The van der Waals surface area contributed by atoms with Gasteiger partial charge in [-0.3, -0.25) is 0 Å². The van der Waals surface area contributed by atoms with Crippen LogP contribution in [0.25, 0.3) is 0 Å². The first-order valence-electron chi connectivity index (χ1n) is 4.44. The molecule has 0 aliphatic carbocycles. The lowest BCUT2D eigenvalue weighted by Crippen LogP contribution is -2.21. The van der Waals surface area contributed by atoms with Crippen LogP contribution in [0.3, 0.4) is 0 Å². The third-order valence-corrected chi connectivity index (χ3v) is 2.78. The van der Waals surface area contributed by atoms with Crippen LogP contribution in [0.15, 0.2) is 6.20 Å². The Morgan fingerprint density at radius 2 is 2.62 bits per heavy atom. The first-order chi connectivity index (χ1) is 6.40. The zero-order valence-corrected chi connectivity index (χ0v) is 8.90. The smallest absolute Gasteiger partial charge is 0.0932 e. The predicted octanol–water partition coefficient (Wildman–Crippen LogP) is 1.52. The SMILES string of the molecule is BrCc1cn(C2CCCOC2)nn1. The van der Waals surface area contributed by atoms with Crippen LogP contribution in [-0.2, 0) is 10.1 Å². The van der Waals surface area contributed by atoms with Crippen LogP contribution < -0.4 is 0 Å². The lowest BCUT2D eigenvalue weighted by molar-refractivity contribution is 0.0543. The summed E-state index contributed by atoms with van der Waals surface area (Å²) >= 11 is 3.35. The molecule has 2 heterocycles. The summed E-state index contributed by atoms with van der Waals surface area (Å²) in [5.74, 6) is 0. The number of hydrogen-bond acceptors (Lipinski definition) is 3. The van der Waals surface area contributed by atoms with Gasteiger partial charge in [0.05, 0.1) is 18.3 Å². The Labute approximate surface area is 85.4 Å². The fraction of sp³-hybridized carbons (Fsp3) is 0.750. The van der Waals surface area contributed by atoms with Gasteiger partial charge in [-0.25, -0.2) is 4.68 Å². The molecule has 1 aromatic heterocycles. The van der Waals surface area contributed by atoms with Crippen molar-refractivity contribution in [3.05, 3.63) is 11.9 Å². The molecule has 2 rings (SSSR count). The number of ether oxygens (including phenoxy) is 1. The van der Waals surface area contributed by atoms with Crippen molar-refractivity contribution >= 4 is 15.9 Å². The van der Waals surface area contributed by atoms with Crippen molar-refractivity contribution in [2.75, 3.05) is 13.2 Å². The van der Waals surface area contributed by atoms with Gasteiger partial charge in [-0.2, -0.15) is 0 Å². The summed E-state index contributed by atoms with van der Waals surface area (Å²) in [6, 6.07) is 0.383. The van der Waals surface area contributed by atoms with Crippen molar-refractivity contribution in [2.45, 2.75) is 24.2 Å². The molecule has 1 atom stereocenters. The number of halogens is 1. The summed E-state index contributed by atoms with van der Waals surface area (Å²) in [6.07, 6.45) is 4.24. The van der Waals surface area contributed by atoms with E-state index < -0.39 is 0 Å². The fourth-order valence-electron chi connectivity index (χ4n) is 1.49. The topological polar surface area (TPSA) is 39.9 Å². The molecule has 0 saturated carbocycles. The van der Waals surface area contributed by atoms with Crippen LogP contribution in [0.4, 0.5) is 0 Å². The lowest BCUT2D eigenvalue weighted by Gasteiger charge is -2.21. The highest BCUT2D eigenvalue weighted by molar-refractivity contribution is 9.08. The number of aromatic nitrogens is 3. The molecule has 72 valence electrons. The summed E-state index contributed by atoms with van der Waals surface area (Å²) in [5.41, 5.74) is 0.977. The number of rotatable bonds is 2. The van der Waals surface area contributed by atoms with Crippen molar-refractivity contribution in [1.82, 2.24) is 15.0 Å². The van der Waals surface area contributed by atoms with E-state index in [1.807, 2.05) is 10.9 Å². The zero-order chi connectivity index (χ0) is 9.10. The first-order valence-corrected chi connectivity index (χ1v) is 5.56. The Balaban J connectivity index is 2.05. The third kappa shape index (κ3) is 2.08. The Kier molecular flexibility index (Phi) is 2.95. The summed E-state index contributed by atoms with van der Waals surface area (Å²) < 4.78 is 7.29. The first kappa shape index (κ1) is 9.15. The Morgan fingerprint density at radius 3 is 3.23 bits per heavy atom. The summed E-state index contributed by atoms with van der Waals surface area (Å²) in [5, 5.41) is 8.85. The zero-order valence-electron chi connectivity index (χ0n) is 7.32. The van der Waals surface area contributed by atoms with Crippen LogP contribution in [0.2, 0.25) is 0 Å². The van der Waals surface area contributed by atoms with Gasteiger partial charge in [0.25, 0.3) is 0 Å². The van der Waals surface area contributed by atoms with Gasteiger partial charge >= 0.3 is 0 Å². The molecule has 1 aliphatic rings. The van der Waals surface area contributed by atoms with Crippen LogP contribution in [0.1, 0.15) is 24.6 Å². The van der Waals surface area contributed by atoms with Crippen LogP contribution in [0, 0.1) is 0 Å². The molecular weight excluding hydrogens is 234 g/mol. The lowest BCUT2D eigenvalue weighted by atomic mass is 10.1. The van der Waals surface area contributed by atoms with E-state index in [1.165, 1.54) is 0 Å². The average molecular weight is 246 g/mol. The molecule has 1 aliphatic heterocycles. The van der Waals surface area contributed by atoms with E-state index in [2.05, 4.69) is 26.2 Å². The van der Waals surface area contributed by atoms with Gasteiger partial charge < -0.3 is 4.74 Å². The molecule has 1 unspecified atom stereocenters.